The highest BCUT2D eigenvalue weighted by molar-refractivity contribution is 8.01. The van der Waals surface area contributed by atoms with Gasteiger partial charge >= 0.3 is 5.97 Å². The lowest BCUT2D eigenvalue weighted by atomic mass is 10.3. The molecule has 0 atom stereocenters. The lowest BCUT2D eigenvalue weighted by Gasteiger charge is -2.01. The second-order valence-electron chi connectivity index (χ2n) is 4.81. The summed E-state index contributed by atoms with van der Waals surface area (Å²) in [4.78, 5) is 26.1. The van der Waals surface area contributed by atoms with Crippen LogP contribution in [0.3, 0.4) is 0 Å². The third-order valence-electron chi connectivity index (χ3n) is 3.25. The number of tetrazole rings is 1. The molecule has 0 unspecified atom stereocenters. The first kappa shape index (κ1) is 16.6. The Bertz CT molecular complexity index is 1150. The molecule has 1 aromatic carbocycles. The summed E-state index contributed by atoms with van der Waals surface area (Å²) in [5.74, 6) is -1.07. The van der Waals surface area contributed by atoms with E-state index in [0.717, 1.165) is 11.8 Å². The number of fused-ring (bicyclic) bond motifs is 1. The molecule has 26 heavy (non-hydrogen) atoms. The van der Waals surface area contributed by atoms with Crippen molar-refractivity contribution in [1.82, 2.24) is 25.2 Å². The molecular formula is C13H6N6O4S3. The molecule has 0 amide bonds. The Morgan fingerprint density at radius 2 is 2.19 bits per heavy atom. The molecule has 13 heteroatoms. The molecule has 0 aliphatic carbocycles. The molecular weight excluding hydrogens is 400 g/mol. The quantitative estimate of drug-likeness (QED) is 0.391. The summed E-state index contributed by atoms with van der Waals surface area (Å²) in [6, 6.07) is 5.92. The molecule has 130 valence electrons. The van der Waals surface area contributed by atoms with Gasteiger partial charge in [0.25, 0.3) is 5.69 Å². The van der Waals surface area contributed by atoms with Crippen molar-refractivity contribution in [3.63, 3.8) is 0 Å². The Hall–Kier alpha value is -2.90. The number of nitro groups is 1. The van der Waals surface area contributed by atoms with Gasteiger partial charge in [-0.3, -0.25) is 10.1 Å². The number of benzene rings is 1. The number of nitrogens with zero attached hydrogens (tertiary/aromatic N) is 6. The average Bonchev–Trinajstić information content (AvgIpc) is 3.32. The number of thiazole rings is 1. The zero-order valence-corrected chi connectivity index (χ0v) is 14.9. The first-order valence-electron chi connectivity index (χ1n) is 6.85. The highest BCUT2D eigenvalue weighted by Crippen LogP contribution is 2.36. The average molecular weight is 406 g/mol. The zero-order chi connectivity index (χ0) is 18.3. The number of non-ortho nitro benzene ring substituents is 1. The molecule has 4 rings (SSSR count). The van der Waals surface area contributed by atoms with Crippen molar-refractivity contribution in [1.29, 1.82) is 0 Å². The van der Waals surface area contributed by atoms with Crippen molar-refractivity contribution in [2.45, 2.75) is 9.50 Å². The number of hydrogen-bond acceptors (Lipinski definition) is 10. The smallest absolute Gasteiger partial charge is 0.338 e. The van der Waals surface area contributed by atoms with Gasteiger partial charge in [0, 0.05) is 12.1 Å². The first-order valence-corrected chi connectivity index (χ1v) is 9.36. The van der Waals surface area contributed by atoms with Gasteiger partial charge in [0.05, 0.1) is 20.7 Å². The molecule has 0 aliphatic rings. The van der Waals surface area contributed by atoms with Gasteiger partial charge in [-0.05, 0) is 39.7 Å². The van der Waals surface area contributed by atoms with Crippen molar-refractivity contribution in [3.8, 4) is 5.00 Å². The van der Waals surface area contributed by atoms with E-state index in [9.17, 15) is 20.0 Å². The number of thiophene rings is 1. The minimum absolute atomic E-state index is 0.00720. The van der Waals surface area contributed by atoms with Gasteiger partial charge in [-0.2, -0.15) is 4.68 Å². The summed E-state index contributed by atoms with van der Waals surface area (Å²) in [6.45, 7) is 0. The van der Waals surface area contributed by atoms with Crippen LogP contribution in [0.15, 0.2) is 39.1 Å². The van der Waals surface area contributed by atoms with Gasteiger partial charge in [-0.1, -0.05) is 0 Å². The van der Waals surface area contributed by atoms with E-state index in [2.05, 4.69) is 20.5 Å². The summed E-state index contributed by atoms with van der Waals surface area (Å²) in [5, 5.41) is 33.9. The maximum Gasteiger partial charge on any atom is 0.338 e. The molecule has 3 aromatic heterocycles. The van der Waals surface area contributed by atoms with Crippen LogP contribution in [-0.4, -0.2) is 41.2 Å². The predicted molar refractivity (Wildman–Crippen MR) is 94.4 cm³/mol. The van der Waals surface area contributed by atoms with Gasteiger partial charge in [0.2, 0.25) is 5.16 Å². The molecule has 10 nitrogen and oxygen atoms in total. The van der Waals surface area contributed by atoms with Crippen LogP contribution in [0.1, 0.15) is 10.4 Å². The zero-order valence-electron chi connectivity index (χ0n) is 12.5. The Morgan fingerprint density at radius 1 is 1.35 bits per heavy atom. The Morgan fingerprint density at radius 3 is 2.96 bits per heavy atom. The van der Waals surface area contributed by atoms with E-state index in [1.165, 1.54) is 45.6 Å². The van der Waals surface area contributed by atoms with Crippen LogP contribution in [0, 0.1) is 10.1 Å². The standard InChI is InChI=1S/C13H6N6O4S3/c20-11(21)7-3-4-24-10(7)18-12(15-16-17-18)26-13-14-8-2-1-6(19(22)23)5-9(8)25-13/h1-5H,(H,20,21). The number of carbonyl (C=O) groups is 1. The van der Waals surface area contributed by atoms with E-state index < -0.39 is 10.9 Å². The topological polar surface area (TPSA) is 137 Å². The second kappa shape index (κ2) is 6.44. The Kier molecular flexibility index (Phi) is 4.10. The van der Waals surface area contributed by atoms with Crippen LogP contribution >= 0.6 is 34.4 Å². The number of aromatic carboxylic acids is 1. The molecule has 0 spiro atoms. The predicted octanol–water partition coefficient (Wildman–Crippen LogP) is 3.09. The fourth-order valence-electron chi connectivity index (χ4n) is 2.13. The number of carboxylic acid groups (broad SMARTS) is 1. The SMILES string of the molecule is O=C(O)c1ccsc1-n1nnnc1Sc1nc2ccc([N+](=O)[O-])cc2s1. The minimum atomic E-state index is -1.07. The number of hydrogen-bond donors (Lipinski definition) is 1. The molecule has 0 saturated carbocycles. The van der Waals surface area contributed by atoms with E-state index in [1.54, 1.807) is 11.4 Å². The fourth-order valence-corrected chi connectivity index (χ4v) is 5.00. The van der Waals surface area contributed by atoms with Crippen LogP contribution in [0.25, 0.3) is 15.2 Å². The van der Waals surface area contributed by atoms with Gasteiger partial charge in [-0.15, -0.1) is 27.8 Å². The van der Waals surface area contributed by atoms with Crippen molar-refractivity contribution in [2.75, 3.05) is 0 Å². The third kappa shape index (κ3) is 2.91. The highest BCUT2D eigenvalue weighted by Gasteiger charge is 2.20. The van der Waals surface area contributed by atoms with E-state index in [-0.39, 0.29) is 11.3 Å². The van der Waals surface area contributed by atoms with Crippen molar-refractivity contribution >= 4 is 56.3 Å². The summed E-state index contributed by atoms with van der Waals surface area (Å²) >= 11 is 3.63. The van der Waals surface area contributed by atoms with Crippen molar-refractivity contribution in [2.24, 2.45) is 0 Å². The number of aromatic nitrogens is 5. The monoisotopic (exact) mass is 406 g/mol. The molecule has 0 bridgehead atoms. The van der Waals surface area contributed by atoms with Crippen LogP contribution in [0.4, 0.5) is 5.69 Å². The van der Waals surface area contributed by atoms with Crippen molar-refractivity contribution < 1.29 is 14.8 Å². The van der Waals surface area contributed by atoms with Crippen LogP contribution in [0.2, 0.25) is 0 Å². The Balaban J connectivity index is 1.69. The summed E-state index contributed by atoms with van der Waals surface area (Å²) in [7, 11) is 0. The summed E-state index contributed by atoms with van der Waals surface area (Å²) in [5.41, 5.74) is 0.723. The Labute approximate surface area is 156 Å². The highest BCUT2D eigenvalue weighted by atomic mass is 32.2. The fraction of sp³-hybridized carbons (Fsp3) is 0. The van der Waals surface area contributed by atoms with E-state index >= 15 is 0 Å². The van der Waals surface area contributed by atoms with Crippen LogP contribution < -0.4 is 0 Å². The molecule has 3 heterocycles. The van der Waals surface area contributed by atoms with Crippen LogP contribution in [-0.2, 0) is 0 Å². The second-order valence-corrected chi connectivity index (χ2v) is 7.95. The van der Waals surface area contributed by atoms with Crippen LogP contribution in [0.5, 0.6) is 0 Å². The number of rotatable bonds is 5. The maximum atomic E-state index is 11.3. The molecule has 0 saturated heterocycles. The minimum Gasteiger partial charge on any atom is -0.478 e. The summed E-state index contributed by atoms with van der Waals surface area (Å²) < 4.78 is 2.60. The first-order chi connectivity index (χ1) is 12.5. The van der Waals surface area contributed by atoms with Gasteiger partial charge in [-0.25, -0.2) is 9.78 Å². The van der Waals surface area contributed by atoms with Gasteiger partial charge in [0.1, 0.15) is 5.00 Å². The normalized spacial score (nSPS) is 11.1. The third-order valence-corrected chi connectivity index (χ3v) is 6.15. The van der Waals surface area contributed by atoms with Crippen molar-refractivity contribution in [3.05, 3.63) is 45.3 Å². The number of carboxylic acids is 1. The van der Waals surface area contributed by atoms with Gasteiger partial charge < -0.3 is 5.11 Å². The molecule has 0 radical (unpaired) electrons. The molecule has 0 aliphatic heterocycles. The van der Waals surface area contributed by atoms with E-state index in [0.29, 0.717) is 24.7 Å². The largest absolute Gasteiger partial charge is 0.478 e. The van der Waals surface area contributed by atoms with E-state index in [1.807, 2.05) is 0 Å². The molecule has 1 N–H and O–H groups in total. The molecule has 0 fully saturated rings. The van der Waals surface area contributed by atoms with E-state index in [4.69, 9.17) is 0 Å². The lowest BCUT2D eigenvalue weighted by molar-refractivity contribution is -0.384. The number of nitro benzene ring substituents is 1. The van der Waals surface area contributed by atoms with Gasteiger partial charge in [0.15, 0.2) is 4.34 Å². The maximum absolute atomic E-state index is 11.3. The molecule has 4 aromatic rings. The lowest BCUT2D eigenvalue weighted by Crippen LogP contribution is -2.04. The summed E-state index contributed by atoms with van der Waals surface area (Å²) in [6.07, 6.45) is 0.